The number of aromatic hydroxyl groups is 2. The fourth-order valence-electron chi connectivity index (χ4n) is 2.26. The van der Waals surface area contributed by atoms with Crippen LogP contribution in [0.4, 0.5) is 0 Å². The van der Waals surface area contributed by atoms with E-state index in [-0.39, 0.29) is 11.5 Å². The maximum atomic E-state index is 9.69. The van der Waals surface area contributed by atoms with E-state index in [1.165, 1.54) is 0 Å². The second kappa shape index (κ2) is 5.44. The molecule has 0 radical (unpaired) electrons. The highest BCUT2D eigenvalue weighted by molar-refractivity contribution is 5.28. The summed E-state index contributed by atoms with van der Waals surface area (Å²) in [4.78, 5) is 8.93. The van der Waals surface area contributed by atoms with Crippen LogP contribution in [0.1, 0.15) is 22.8 Å². The molecule has 2 aromatic rings. The molecule has 4 bridgehead atoms. The molecule has 104 valence electrons. The summed E-state index contributed by atoms with van der Waals surface area (Å²) in [5, 5.41) is 25.8. The summed E-state index contributed by atoms with van der Waals surface area (Å²) in [6.45, 7) is 2.14. The summed E-state index contributed by atoms with van der Waals surface area (Å²) in [6, 6.07) is 6.57. The molecule has 0 atom stereocenters. The van der Waals surface area contributed by atoms with E-state index in [0.717, 1.165) is 22.8 Å². The molecule has 0 aliphatic carbocycles. The lowest BCUT2D eigenvalue weighted by Crippen LogP contribution is -2.20. The van der Waals surface area contributed by atoms with Gasteiger partial charge in [-0.25, -0.2) is 0 Å². The highest BCUT2D eigenvalue weighted by atomic mass is 16.3. The molecule has 0 unspecified atom stereocenters. The van der Waals surface area contributed by atoms with Crippen molar-refractivity contribution in [3.05, 3.63) is 47.0 Å². The predicted octanol–water partition coefficient (Wildman–Crippen LogP) is 0.781. The molecule has 0 fully saturated rings. The molecule has 20 heavy (non-hydrogen) atoms. The van der Waals surface area contributed by atoms with Crippen LogP contribution in [0.5, 0.6) is 11.5 Å². The van der Waals surface area contributed by atoms with Gasteiger partial charge in [-0.3, -0.25) is 9.97 Å². The molecule has 0 spiro atoms. The standard InChI is InChI=1S/C14H16N4O2/c19-13-1-9-5-15-7-11-3-14(20)4-12(18-11)8-16-6-10(2-13)17-9/h1-4,15-16H,5-8H2,(H,17,19)(H,18,20). The maximum Gasteiger partial charge on any atom is 0.119 e. The van der Waals surface area contributed by atoms with Crippen molar-refractivity contribution in [1.29, 1.82) is 0 Å². The average molecular weight is 272 g/mol. The Morgan fingerprint density at radius 1 is 0.650 bits per heavy atom. The van der Waals surface area contributed by atoms with E-state index in [1.807, 2.05) is 0 Å². The first kappa shape index (κ1) is 12.8. The number of pyridine rings is 2. The van der Waals surface area contributed by atoms with Crippen LogP contribution < -0.4 is 10.6 Å². The molecule has 0 saturated heterocycles. The van der Waals surface area contributed by atoms with Gasteiger partial charge in [0.1, 0.15) is 11.5 Å². The Balaban J connectivity index is 1.88. The van der Waals surface area contributed by atoms with Gasteiger partial charge in [0.2, 0.25) is 0 Å². The SMILES string of the molecule is Oc1cc2nc(c1)CNCc1cc(O)cc(n1)CNC2. The lowest BCUT2D eigenvalue weighted by Gasteiger charge is -2.12. The first-order valence-electron chi connectivity index (χ1n) is 6.48. The number of nitrogens with zero attached hydrogens (tertiary/aromatic N) is 2. The fraction of sp³-hybridized carbons (Fsp3) is 0.286. The van der Waals surface area contributed by atoms with Crippen LogP contribution >= 0.6 is 0 Å². The minimum atomic E-state index is 0.222. The van der Waals surface area contributed by atoms with Gasteiger partial charge in [-0.1, -0.05) is 0 Å². The lowest BCUT2D eigenvalue weighted by molar-refractivity contribution is 0.468. The van der Waals surface area contributed by atoms with Crippen LogP contribution in [0.15, 0.2) is 24.3 Å². The third-order valence-electron chi connectivity index (χ3n) is 3.06. The summed E-state index contributed by atoms with van der Waals surface area (Å²) in [7, 11) is 0. The molecule has 2 aromatic heterocycles. The van der Waals surface area contributed by atoms with Crippen molar-refractivity contribution in [2.24, 2.45) is 0 Å². The van der Waals surface area contributed by atoms with Crippen LogP contribution in [0.25, 0.3) is 0 Å². The van der Waals surface area contributed by atoms with E-state index in [0.29, 0.717) is 26.2 Å². The van der Waals surface area contributed by atoms with Crippen molar-refractivity contribution in [2.75, 3.05) is 0 Å². The molecule has 6 heteroatoms. The fourth-order valence-corrected chi connectivity index (χ4v) is 2.26. The van der Waals surface area contributed by atoms with Gasteiger partial charge in [-0.2, -0.15) is 0 Å². The zero-order valence-corrected chi connectivity index (χ0v) is 10.9. The Hall–Kier alpha value is -2.18. The Morgan fingerprint density at radius 3 is 1.25 bits per heavy atom. The number of hydrogen-bond donors (Lipinski definition) is 4. The van der Waals surface area contributed by atoms with Gasteiger partial charge in [0, 0.05) is 50.4 Å². The molecular formula is C14H16N4O2. The quantitative estimate of drug-likeness (QED) is 0.566. The summed E-state index contributed by atoms with van der Waals surface area (Å²) in [6.07, 6.45) is 0. The smallest absolute Gasteiger partial charge is 0.119 e. The van der Waals surface area contributed by atoms with Crippen molar-refractivity contribution in [3.8, 4) is 11.5 Å². The number of fused-ring (bicyclic) bond motifs is 4. The van der Waals surface area contributed by atoms with Crippen LogP contribution in [0.3, 0.4) is 0 Å². The van der Waals surface area contributed by atoms with E-state index in [9.17, 15) is 10.2 Å². The van der Waals surface area contributed by atoms with Crippen LogP contribution in [0.2, 0.25) is 0 Å². The van der Waals surface area contributed by atoms with Gasteiger partial charge in [0.25, 0.3) is 0 Å². The normalized spacial score (nSPS) is 15.2. The average Bonchev–Trinajstić information content (AvgIpc) is 2.36. The summed E-state index contributed by atoms with van der Waals surface area (Å²) < 4.78 is 0. The van der Waals surface area contributed by atoms with Crippen LogP contribution in [0, 0.1) is 0 Å². The van der Waals surface area contributed by atoms with Gasteiger partial charge in [0.05, 0.1) is 22.8 Å². The highest BCUT2D eigenvalue weighted by Gasteiger charge is 2.07. The van der Waals surface area contributed by atoms with E-state index >= 15 is 0 Å². The third-order valence-corrected chi connectivity index (χ3v) is 3.06. The molecule has 1 aliphatic heterocycles. The number of rotatable bonds is 0. The second-order valence-electron chi connectivity index (χ2n) is 4.82. The largest absolute Gasteiger partial charge is 0.508 e. The minimum Gasteiger partial charge on any atom is -0.508 e. The van der Waals surface area contributed by atoms with Crippen LogP contribution in [-0.4, -0.2) is 20.2 Å². The minimum absolute atomic E-state index is 0.222. The molecule has 0 aromatic carbocycles. The van der Waals surface area contributed by atoms with E-state index < -0.39 is 0 Å². The molecule has 3 rings (SSSR count). The number of nitrogens with one attached hydrogen (secondary N) is 2. The number of aromatic nitrogens is 2. The number of hydrogen-bond acceptors (Lipinski definition) is 6. The van der Waals surface area contributed by atoms with Crippen molar-refractivity contribution in [1.82, 2.24) is 20.6 Å². The summed E-state index contributed by atoms with van der Waals surface area (Å²) in [5.74, 6) is 0.444. The third kappa shape index (κ3) is 3.04. The Morgan fingerprint density at radius 2 is 0.950 bits per heavy atom. The topological polar surface area (TPSA) is 90.3 Å². The predicted molar refractivity (Wildman–Crippen MR) is 72.9 cm³/mol. The molecule has 3 heterocycles. The van der Waals surface area contributed by atoms with Crippen LogP contribution in [-0.2, 0) is 26.2 Å². The molecule has 0 saturated carbocycles. The Labute approximate surface area is 116 Å². The first-order valence-corrected chi connectivity index (χ1v) is 6.48. The summed E-state index contributed by atoms with van der Waals surface area (Å²) in [5.41, 5.74) is 3.12. The Bertz CT molecular complexity index is 531. The zero-order chi connectivity index (χ0) is 13.9. The highest BCUT2D eigenvalue weighted by Crippen LogP contribution is 2.15. The van der Waals surface area contributed by atoms with Gasteiger partial charge in [0.15, 0.2) is 0 Å². The molecule has 0 amide bonds. The van der Waals surface area contributed by atoms with Gasteiger partial charge in [-0.05, 0) is 0 Å². The van der Waals surface area contributed by atoms with Crippen molar-refractivity contribution >= 4 is 0 Å². The molecule has 1 aliphatic rings. The maximum absolute atomic E-state index is 9.69. The van der Waals surface area contributed by atoms with E-state index in [2.05, 4.69) is 20.6 Å². The van der Waals surface area contributed by atoms with Crippen molar-refractivity contribution < 1.29 is 10.2 Å². The molecule has 6 nitrogen and oxygen atoms in total. The lowest BCUT2D eigenvalue weighted by atomic mass is 10.2. The van der Waals surface area contributed by atoms with Gasteiger partial charge in [-0.15, -0.1) is 0 Å². The molecule has 4 N–H and O–H groups in total. The van der Waals surface area contributed by atoms with Gasteiger partial charge >= 0.3 is 0 Å². The van der Waals surface area contributed by atoms with E-state index in [1.54, 1.807) is 24.3 Å². The molecular weight excluding hydrogens is 256 g/mol. The monoisotopic (exact) mass is 272 g/mol. The second-order valence-corrected chi connectivity index (χ2v) is 4.82. The van der Waals surface area contributed by atoms with Crippen molar-refractivity contribution in [3.63, 3.8) is 0 Å². The van der Waals surface area contributed by atoms with Gasteiger partial charge < -0.3 is 20.8 Å². The zero-order valence-electron chi connectivity index (χ0n) is 10.9. The van der Waals surface area contributed by atoms with Crippen molar-refractivity contribution in [2.45, 2.75) is 26.2 Å². The Kier molecular flexibility index (Phi) is 3.49. The first-order chi connectivity index (χ1) is 9.69. The summed E-state index contributed by atoms with van der Waals surface area (Å²) >= 11 is 0. The van der Waals surface area contributed by atoms with E-state index in [4.69, 9.17) is 0 Å².